The maximum atomic E-state index is 14.1. The fourth-order valence-corrected chi connectivity index (χ4v) is 4.74. The minimum absolute atomic E-state index is 0.0369. The largest absolute Gasteiger partial charge is 0.447 e. The van der Waals surface area contributed by atoms with Crippen LogP contribution in [0.1, 0.15) is 48.3 Å². The standard InChI is InChI=1S/C30H29ClF2N8O4/c1-2-35-29(34)41(27(43)18-5-3-17(4-6-18)20-14-37-40(15-20)28(32)33)24(16-45-30(44)38-21-8-9-21)19-7-10-23(31)22(13-19)26-36-12-11-25(42)39-26/h3-7,10-15,21,24,28H,2,8-9,16H2,1H3,(H2,34,35)(H,38,44)(H,36,39,42)/t24-/m1/s1. The molecule has 0 unspecified atom stereocenters. The highest BCUT2D eigenvalue weighted by Crippen LogP contribution is 2.32. The van der Waals surface area contributed by atoms with E-state index < -0.39 is 24.6 Å². The van der Waals surface area contributed by atoms with Gasteiger partial charge in [0.25, 0.3) is 11.5 Å². The van der Waals surface area contributed by atoms with Gasteiger partial charge in [-0.05, 0) is 55.2 Å². The van der Waals surface area contributed by atoms with E-state index >= 15 is 0 Å². The van der Waals surface area contributed by atoms with Crippen molar-refractivity contribution in [3.8, 4) is 22.5 Å². The van der Waals surface area contributed by atoms with Gasteiger partial charge in [0.15, 0.2) is 5.96 Å². The van der Waals surface area contributed by atoms with Crippen molar-refractivity contribution in [1.29, 1.82) is 0 Å². The molecule has 2 amide bonds. The molecular formula is C30H29ClF2N8O4. The van der Waals surface area contributed by atoms with Crippen LogP contribution in [0.3, 0.4) is 0 Å². The lowest BCUT2D eigenvalue weighted by Crippen LogP contribution is -2.46. The number of nitrogens with two attached hydrogens (primary N) is 1. The summed E-state index contributed by atoms with van der Waals surface area (Å²) in [4.78, 5) is 51.0. The van der Waals surface area contributed by atoms with E-state index in [1.807, 2.05) is 0 Å². The zero-order chi connectivity index (χ0) is 32.1. The van der Waals surface area contributed by atoms with Gasteiger partial charge in [-0.2, -0.15) is 13.9 Å². The van der Waals surface area contributed by atoms with Gasteiger partial charge >= 0.3 is 12.6 Å². The number of halogens is 3. The first kappa shape index (κ1) is 31.3. The number of aromatic amines is 1. The van der Waals surface area contributed by atoms with E-state index in [2.05, 4.69) is 25.4 Å². The summed E-state index contributed by atoms with van der Waals surface area (Å²) >= 11 is 6.48. The number of hydrogen-bond acceptors (Lipinski definition) is 7. The average molecular weight is 639 g/mol. The molecule has 1 atom stereocenters. The van der Waals surface area contributed by atoms with Gasteiger partial charge in [-0.15, -0.1) is 0 Å². The Morgan fingerprint density at radius 1 is 1.20 bits per heavy atom. The molecule has 4 N–H and O–H groups in total. The Morgan fingerprint density at radius 3 is 2.60 bits per heavy atom. The van der Waals surface area contributed by atoms with E-state index in [1.165, 1.54) is 41.7 Å². The molecule has 2 heterocycles. The third-order valence-corrected chi connectivity index (χ3v) is 7.27. The summed E-state index contributed by atoms with van der Waals surface area (Å²) in [7, 11) is 0. The molecule has 0 radical (unpaired) electrons. The Bertz CT molecular complexity index is 1770. The fraction of sp³-hybridized carbons (Fsp3) is 0.267. The SMILES string of the molecule is CCN=C(N)N(C(=O)c1ccc(-c2cnn(C(F)F)c2)cc1)[C@H](COC(=O)NC1CC1)c1ccc(Cl)c(-c2nccc(=O)[nH]2)c1. The second kappa shape index (κ2) is 13.7. The van der Waals surface area contributed by atoms with Gasteiger partial charge in [-0.3, -0.25) is 19.5 Å². The Kier molecular flexibility index (Phi) is 9.52. The molecule has 45 heavy (non-hydrogen) atoms. The molecule has 1 fully saturated rings. The number of carbonyl (C=O) groups is 2. The minimum atomic E-state index is -2.79. The van der Waals surface area contributed by atoms with Crippen LogP contribution in [-0.4, -0.2) is 61.8 Å². The summed E-state index contributed by atoms with van der Waals surface area (Å²) in [5.41, 5.74) is 8.01. The Labute approximate surface area is 260 Å². The molecule has 2 aromatic carbocycles. The van der Waals surface area contributed by atoms with Gasteiger partial charge in [-0.1, -0.05) is 29.8 Å². The molecule has 0 bridgehead atoms. The van der Waals surface area contributed by atoms with E-state index in [0.717, 1.165) is 12.8 Å². The first-order chi connectivity index (χ1) is 21.6. The van der Waals surface area contributed by atoms with Crippen LogP contribution in [0.25, 0.3) is 22.5 Å². The summed E-state index contributed by atoms with van der Waals surface area (Å²) in [6.07, 6.45) is 4.88. The molecule has 4 aromatic rings. The maximum absolute atomic E-state index is 14.1. The number of carbonyl (C=O) groups excluding carboxylic acids is 2. The third-order valence-electron chi connectivity index (χ3n) is 6.94. The summed E-state index contributed by atoms with van der Waals surface area (Å²) in [6.45, 7) is -1.10. The third kappa shape index (κ3) is 7.52. The summed E-state index contributed by atoms with van der Waals surface area (Å²) in [6, 6.07) is 11.4. The number of rotatable bonds is 10. The van der Waals surface area contributed by atoms with Crippen LogP contribution in [0, 0.1) is 0 Å². The quantitative estimate of drug-likeness (QED) is 0.167. The lowest BCUT2D eigenvalue weighted by molar-refractivity contribution is 0.0566. The highest BCUT2D eigenvalue weighted by molar-refractivity contribution is 6.33. The Balaban J connectivity index is 1.53. The number of aromatic nitrogens is 4. The summed E-state index contributed by atoms with van der Waals surface area (Å²) in [5.74, 6) is -0.512. The van der Waals surface area contributed by atoms with E-state index in [9.17, 15) is 23.2 Å². The van der Waals surface area contributed by atoms with Crippen LogP contribution in [0.4, 0.5) is 13.6 Å². The van der Waals surface area contributed by atoms with Gasteiger partial charge in [-0.25, -0.2) is 14.5 Å². The van der Waals surface area contributed by atoms with Crippen LogP contribution in [0.2, 0.25) is 5.02 Å². The van der Waals surface area contributed by atoms with E-state index in [0.29, 0.717) is 26.9 Å². The monoisotopic (exact) mass is 638 g/mol. The van der Waals surface area contributed by atoms with Crippen molar-refractivity contribution < 1.29 is 23.1 Å². The molecule has 234 valence electrons. The fourth-order valence-electron chi connectivity index (χ4n) is 4.53. The maximum Gasteiger partial charge on any atom is 0.407 e. The van der Waals surface area contributed by atoms with Crippen molar-refractivity contribution in [3.05, 3.63) is 93.6 Å². The first-order valence-corrected chi connectivity index (χ1v) is 14.4. The lowest BCUT2D eigenvalue weighted by Gasteiger charge is -2.31. The number of alkyl carbamates (subject to hydrolysis) is 1. The van der Waals surface area contributed by atoms with E-state index in [4.69, 9.17) is 22.1 Å². The van der Waals surface area contributed by atoms with Gasteiger partial charge in [0.1, 0.15) is 12.4 Å². The van der Waals surface area contributed by atoms with Crippen LogP contribution < -0.4 is 16.6 Å². The number of alkyl halides is 2. The smallest absolute Gasteiger partial charge is 0.407 e. The van der Waals surface area contributed by atoms with Crippen LogP contribution in [0.15, 0.2) is 76.9 Å². The normalized spacial score (nSPS) is 13.8. The average Bonchev–Trinajstić information content (AvgIpc) is 3.69. The summed E-state index contributed by atoms with van der Waals surface area (Å²) < 4.78 is 32.1. The van der Waals surface area contributed by atoms with Crippen LogP contribution >= 0.6 is 11.6 Å². The van der Waals surface area contributed by atoms with Crippen molar-refractivity contribution in [2.24, 2.45) is 10.7 Å². The lowest BCUT2D eigenvalue weighted by atomic mass is 10.0. The molecule has 1 saturated carbocycles. The van der Waals surface area contributed by atoms with Gasteiger partial charge in [0.2, 0.25) is 0 Å². The number of ether oxygens (including phenoxy) is 1. The van der Waals surface area contributed by atoms with Crippen molar-refractivity contribution in [2.75, 3.05) is 13.2 Å². The van der Waals surface area contributed by atoms with Gasteiger partial charge < -0.3 is 20.8 Å². The second-order valence-electron chi connectivity index (χ2n) is 10.1. The topological polar surface area (TPSA) is 161 Å². The predicted molar refractivity (Wildman–Crippen MR) is 163 cm³/mol. The van der Waals surface area contributed by atoms with Crippen LogP contribution in [-0.2, 0) is 4.74 Å². The minimum Gasteiger partial charge on any atom is -0.447 e. The number of amides is 2. The highest BCUT2D eigenvalue weighted by atomic mass is 35.5. The highest BCUT2D eigenvalue weighted by Gasteiger charge is 2.32. The van der Waals surface area contributed by atoms with Crippen molar-refractivity contribution in [2.45, 2.75) is 38.4 Å². The molecule has 0 aliphatic heterocycles. The van der Waals surface area contributed by atoms with Crippen molar-refractivity contribution in [1.82, 2.24) is 30.0 Å². The van der Waals surface area contributed by atoms with Gasteiger partial charge in [0, 0.05) is 47.7 Å². The van der Waals surface area contributed by atoms with Crippen LogP contribution in [0.5, 0.6) is 0 Å². The molecule has 2 aromatic heterocycles. The van der Waals surface area contributed by atoms with Crippen molar-refractivity contribution in [3.63, 3.8) is 0 Å². The Hall–Kier alpha value is -5.11. The number of hydrogen-bond donors (Lipinski definition) is 3. The molecular weight excluding hydrogens is 610 g/mol. The van der Waals surface area contributed by atoms with E-state index in [1.54, 1.807) is 37.3 Å². The zero-order valence-corrected chi connectivity index (χ0v) is 24.7. The van der Waals surface area contributed by atoms with Crippen molar-refractivity contribution >= 4 is 29.6 Å². The number of guanidine groups is 1. The molecule has 5 rings (SSSR count). The first-order valence-electron chi connectivity index (χ1n) is 14.0. The van der Waals surface area contributed by atoms with E-state index in [-0.39, 0.29) is 47.1 Å². The van der Waals surface area contributed by atoms with Gasteiger partial charge in [0.05, 0.1) is 17.3 Å². The molecule has 1 aliphatic carbocycles. The second-order valence-corrected chi connectivity index (χ2v) is 10.5. The number of benzene rings is 2. The number of aliphatic imine (C=N–C) groups is 1. The number of H-pyrrole nitrogens is 1. The summed E-state index contributed by atoms with van der Waals surface area (Å²) in [5, 5.41) is 6.68. The molecule has 0 saturated heterocycles. The Morgan fingerprint density at radius 2 is 1.96 bits per heavy atom. The molecule has 1 aliphatic rings. The molecule has 12 nitrogen and oxygen atoms in total. The zero-order valence-electron chi connectivity index (χ0n) is 24.0. The number of nitrogens with one attached hydrogen (secondary N) is 2. The molecule has 15 heteroatoms. The molecule has 0 spiro atoms. The predicted octanol–water partition coefficient (Wildman–Crippen LogP) is 4.76. The number of nitrogens with zero attached hydrogens (tertiary/aromatic N) is 5.